The van der Waals surface area contributed by atoms with Gasteiger partial charge in [-0.1, -0.05) is 34.6 Å². The molecule has 1 rings (SSSR count). The first-order chi connectivity index (χ1) is 7.05. The highest BCUT2D eigenvalue weighted by Crippen LogP contribution is 2.41. The second kappa shape index (κ2) is 4.29. The van der Waals surface area contributed by atoms with Crippen LogP contribution in [0.3, 0.4) is 0 Å². The van der Waals surface area contributed by atoms with Crippen LogP contribution >= 0.6 is 9.24 Å². The van der Waals surface area contributed by atoms with Gasteiger partial charge in [0.2, 0.25) is 5.91 Å². The molecule has 1 amide bonds. The molecule has 0 spiro atoms. The predicted octanol–water partition coefficient (Wildman–Crippen LogP) is 2.92. The van der Waals surface area contributed by atoms with Gasteiger partial charge in [0.05, 0.1) is 0 Å². The number of likely N-dealkylation sites (tertiary alicyclic amines) is 1. The summed E-state index contributed by atoms with van der Waals surface area (Å²) < 4.78 is 0. The largest absolute Gasteiger partial charge is 0.339 e. The lowest BCUT2D eigenvalue weighted by atomic mass is 9.91. The lowest BCUT2D eigenvalue weighted by molar-refractivity contribution is -0.133. The molecule has 3 heteroatoms. The molecule has 1 heterocycles. The molecule has 1 aliphatic rings. The van der Waals surface area contributed by atoms with E-state index in [0.717, 1.165) is 6.54 Å². The van der Waals surface area contributed by atoms with E-state index in [1.54, 1.807) is 0 Å². The standard InChI is InChI=1S/C13H26NOP/c1-9-8-14(10(2)13(9,6)16)11(15)7-12(3,4)5/h9-10H,7-8,16H2,1-6H3/t9?,10-,13?/m1/s1. The second-order valence-electron chi connectivity index (χ2n) is 6.73. The van der Waals surface area contributed by atoms with E-state index >= 15 is 0 Å². The second-order valence-corrected chi connectivity index (χ2v) is 7.97. The van der Waals surface area contributed by atoms with Crippen molar-refractivity contribution in [2.75, 3.05) is 6.54 Å². The van der Waals surface area contributed by atoms with Crippen molar-refractivity contribution in [3.63, 3.8) is 0 Å². The zero-order valence-corrected chi connectivity index (χ0v) is 12.7. The minimum atomic E-state index is 0.0833. The zero-order valence-electron chi connectivity index (χ0n) is 11.5. The number of amides is 1. The van der Waals surface area contributed by atoms with Gasteiger partial charge in [-0.3, -0.25) is 4.79 Å². The van der Waals surface area contributed by atoms with Gasteiger partial charge in [-0.25, -0.2) is 0 Å². The van der Waals surface area contributed by atoms with Crippen LogP contribution in [-0.4, -0.2) is 28.5 Å². The van der Waals surface area contributed by atoms with E-state index < -0.39 is 0 Å². The Morgan fingerprint density at radius 3 is 2.25 bits per heavy atom. The summed E-state index contributed by atoms with van der Waals surface area (Å²) in [5.41, 5.74) is 0.0833. The van der Waals surface area contributed by atoms with Crippen LogP contribution in [0.15, 0.2) is 0 Å². The van der Waals surface area contributed by atoms with Crippen LogP contribution in [0.1, 0.15) is 48.0 Å². The SMILES string of the molecule is CC1CN(C(=O)CC(C)(C)C)[C@H](C)C1(C)P. The van der Waals surface area contributed by atoms with Gasteiger partial charge in [0.25, 0.3) is 0 Å². The average Bonchev–Trinajstić information content (AvgIpc) is 2.26. The summed E-state index contributed by atoms with van der Waals surface area (Å²) in [5, 5.41) is 0.160. The van der Waals surface area contributed by atoms with Crippen molar-refractivity contribution in [1.29, 1.82) is 0 Å². The highest BCUT2D eigenvalue weighted by atomic mass is 31.0. The fraction of sp³-hybridized carbons (Fsp3) is 0.923. The Hall–Kier alpha value is -0.100. The highest BCUT2D eigenvalue weighted by Gasteiger charge is 2.45. The molecule has 3 unspecified atom stereocenters. The molecule has 94 valence electrons. The summed E-state index contributed by atoms with van der Waals surface area (Å²) in [5.74, 6) is 0.856. The first-order valence-electron chi connectivity index (χ1n) is 6.14. The van der Waals surface area contributed by atoms with Gasteiger partial charge in [0.1, 0.15) is 0 Å². The van der Waals surface area contributed by atoms with Crippen LogP contribution in [0.4, 0.5) is 0 Å². The molecule has 0 aromatic carbocycles. The van der Waals surface area contributed by atoms with Gasteiger partial charge >= 0.3 is 0 Å². The maximum absolute atomic E-state index is 12.2. The molecule has 1 fully saturated rings. The zero-order chi connectivity index (χ0) is 12.7. The molecule has 0 aliphatic carbocycles. The smallest absolute Gasteiger partial charge is 0.223 e. The lowest BCUT2D eigenvalue weighted by Gasteiger charge is -2.32. The van der Waals surface area contributed by atoms with E-state index in [2.05, 4.69) is 55.7 Å². The van der Waals surface area contributed by atoms with Gasteiger partial charge in [0.15, 0.2) is 0 Å². The number of carbonyl (C=O) groups is 1. The van der Waals surface area contributed by atoms with Crippen molar-refractivity contribution in [2.45, 2.75) is 59.2 Å². The summed E-state index contributed by atoms with van der Waals surface area (Å²) in [6, 6.07) is 0.322. The van der Waals surface area contributed by atoms with E-state index in [1.165, 1.54) is 0 Å². The molecular formula is C13H26NOP. The average molecular weight is 243 g/mol. The summed E-state index contributed by atoms with van der Waals surface area (Å²) in [6.45, 7) is 13.9. The topological polar surface area (TPSA) is 20.3 Å². The minimum absolute atomic E-state index is 0.0833. The molecule has 4 atom stereocenters. The molecule has 0 N–H and O–H groups in total. The minimum Gasteiger partial charge on any atom is -0.339 e. The van der Waals surface area contributed by atoms with Crippen molar-refractivity contribution in [3.8, 4) is 0 Å². The summed E-state index contributed by atoms with van der Waals surface area (Å²) in [4.78, 5) is 14.3. The van der Waals surface area contributed by atoms with Crippen LogP contribution in [0.5, 0.6) is 0 Å². The van der Waals surface area contributed by atoms with Crippen molar-refractivity contribution < 1.29 is 4.79 Å². The molecule has 2 nitrogen and oxygen atoms in total. The molecule has 0 saturated carbocycles. The Bertz CT molecular complexity index is 280. The maximum atomic E-state index is 12.2. The summed E-state index contributed by atoms with van der Waals surface area (Å²) >= 11 is 0. The van der Waals surface area contributed by atoms with Crippen molar-refractivity contribution >= 4 is 15.1 Å². The van der Waals surface area contributed by atoms with Crippen LogP contribution in [0.2, 0.25) is 0 Å². The fourth-order valence-electron chi connectivity index (χ4n) is 2.27. The first-order valence-corrected chi connectivity index (χ1v) is 6.72. The Kier molecular flexibility index (Phi) is 3.75. The van der Waals surface area contributed by atoms with E-state index in [-0.39, 0.29) is 10.6 Å². The number of hydrogen-bond donors (Lipinski definition) is 0. The van der Waals surface area contributed by atoms with Crippen LogP contribution in [-0.2, 0) is 4.79 Å². The molecule has 1 saturated heterocycles. The molecule has 1 aliphatic heterocycles. The number of carbonyl (C=O) groups excluding carboxylic acids is 1. The Labute approximate surface area is 102 Å². The fourth-order valence-corrected chi connectivity index (χ4v) is 2.56. The van der Waals surface area contributed by atoms with Crippen LogP contribution < -0.4 is 0 Å². The maximum Gasteiger partial charge on any atom is 0.223 e. The molecule has 0 radical (unpaired) electrons. The monoisotopic (exact) mass is 243 g/mol. The van der Waals surface area contributed by atoms with Crippen molar-refractivity contribution in [2.24, 2.45) is 11.3 Å². The number of nitrogens with zero attached hydrogens (tertiary/aromatic N) is 1. The lowest BCUT2D eigenvalue weighted by Crippen LogP contribution is -2.41. The third-order valence-electron chi connectivity index (χ3n) is 3.90. The third kappa shape index (κ3) is 2.77. The molecular weight excluding hydrogens is 217 g/mol. The van der Waals surface area contributed by atoms with Gasteiger partial charge in [-0.2, -0.15) is 0 Å². The van der Waals surface area contributed by atoms with Crippen molar-refractivity contribution in [3.05, 3.63) is 0 Å². The van der Waals surface area contributed by atoms with Crippen molar-refractivity contribution in [1.82, 2.24) is 4.90 Å². The van der Waals surface area contributed by atoms with Gasteiger partial charge in [0, 0.05) is 24.2 Å². The summed E-state index contributed by atoms with van der Waals surface area (Å²) in [6.07, 6.45) is 0.644. The van der Waals surface area contributed by atoms with Crippen LogP contribution in [0.25, 0.3) is 0 Å². The van der Waals surface area contributed by atoms with E-state index in [4.69, 9.17) is 0 Å². The Morgan fingerprint density at radius 1 is 1.44 bits per heavy atom. The van der Waals surface area contributed by atoms with Crippen LogP contribution in [0, 0.1) is 11.3 Å². The molecule has 16 heavy (non-hydrogen) atoms. The molecule has 0 aromatic rings. The highest BCUT2D eigenvalue weighted by molar-refractivity contribution is 7.19. The Morgan fingerprint density at radius 2 is 1.94 bits per heavy atom. The normalized spacial score (nSPS) is 35.6. The first kappa shape index (κ1) is 14.0. The van der Waals surface area contributed by atoms with Gasteiger partial charge in [-0.05, 0) is 18.3 Å². The Balaban J connectivity index is 2.74. The number of hydrogen-bond acceptors (Lipinski definition) is 1. The third-order valence-corrected chi connectivity index (χ3v) is 4.95. The van der Waals surface area contributed by atoms with E-state index in [0.29, 0.717) is 24.3 Å². The van der Waals surface area contributed by atoms with E-state index in [9.17, 15) is 4.79 Å². The summed E-state index contributed by atoms with van der Waals surface area (Å²) in [7, 11) is 2.94. The van der Waals surface area contributed by atoms with E-state index in [1.807, 2.05) is 0 Å². The van der Waals surface area contributed by atoms with Gasteiger partial charge < -0.3 is 4.90 Å². The van der Waals surface area contributed by atoms with Gasteiger partial charge in [-0.15, -0.1) is 9.24 Å². The molecule has 0 bridgehead atoms. The quantitative estimate of drug-likeness (QED) is 0.648. The predicted molar refractivity (Wildman–Crippen MR) is 72.5 cm³/mol. The number of rotatable bonds is 1. The molecule has 0 aromatic heterocycles.